The van der Waals surface area contributed by atoms with E-state index in [2.05, 4.69) is 21.5 Å². The Kier molecular flexibility index (Phi) is 3.35. The normalized spacial score (nSPS) is 14.9. The molecule has 1 amide bonds. The number of para-hydroxylation sites is 2. The molecule has 2 aromatic carbocycles. The van der Waals surface area contributed by atoms with E-state index >= 15 is 0 Å². The summed E-state index contributed by atoms with van der Waals surface area (Å²) in [6.45, 7) is 1.53. The lowest BCUT2D eigenvalue weighted by Crippen LogP contribution is -2.27. The number of likely N-dealkylation sites (tertiary alicyclic amines) is 1. The number of nitrogens with zero attached hydrogens (tertiary/aromatic N) is 2. The molecule has 5 heteroatoms. The molecule has 0 radical (unpaired) electrons. The second kappa shape index (κ2) is 5.73. The van der Waals surface area contributed by atoms with Crippen LogP contribution in [0.15, 0.2) is 53.3 Å². The van der Waals surface area contributed by atoms with Crippen LogP contribution in [0.3, 0.4) is 0 Å². The highest BCUT2D eigenvalue weighted by molar-refractivity contribution is 5.96. The summed E-state index contributed by atoms with van der Waals surface area (Å²) in [5, 5.41) is 1.81. The van der Waals surface area contributed by atoms with E-state index in [1.807, 2.05) is 41.3 Å². The largest absolute Gasteiger partial charge is 0.342 e. The van der Waals surface area contributed by atoms with Crippen molar-refractivity contribution in [2.24, 2.45) is 0 Å². The summed E-state index contributed by atoms with van der Waals surface area (Å²) in [5.41, 5.74) is 3.85. The first-order valence-electron chi connectivity index (χ1n) is 9.05. The zero-order valence-electron chi connectivity index (χ0n) is 14.4. The van der Waals surface area contributed by atoms with Crippen LogP contribution < -0.4 is 5.56 Å². The van der Waals surface area contributed by atoms with Crippen molar-refractivity contribution < 1.29 is 4.79 Å². The number of hydrogen-bond donors (Lipinski definition) is 1. The Balaban J connectivity index is 1.76. The van der Waals surface area contributed by atoms with Gasteiger partial charge in [-0.05, 0) is 31.0 Å². The molecule has 0 saturated carbocycles. The number of carbonyl (C=O) groups excluding carboxylic acids is 1. The van der Waals surface area contributed by atoms with Gasteiger partial charge in [-0.25, -0.2) is 0 Å². The van der Waals surface area contributed by atoms with Crippen LogP contribution in [0.1, 0.15) is 18.4 Å². The Bertz CT molecular complexity index is 1220. The van der Waals surface area contributed by atoms with Crippen LogP contribution in [0.25, 0.3) is 27.5 Å². The number of amides is 1. The highest BCUT2D eigenvalue weighted by Crippen LogP contribution is 2.28. The topological polar surface area (TPSA) is 57.6 Å². The van der Waals surface area contributed by atoms with Crippen molar-refractivity contribution in [3.63, 3.8) is 0 Å². The Hall–Kier alpha value is -3.08. The predicted octanol–water partition coefficient (Wildman–Crippen LogP) is 3.10. The van der Waals surface area contributed by atoms with Gasteiger partial charge in [0.05, 0.1) is 16.4 Å². The van der Waals surface area contributed by atoms with E-state index in [0.717, 1.165) is 47.0 Å². The van der Waals surface area contributed by atoms with E-state index in [1.165, 1.54) is 0 Å². The van der Waals surface area contributed by atoms with Gasteiger partial charge in [0.2, 0.25) is 5.91 Å². The highest BCUT2D eigenvalue weighted by atomic mass is 16.2. The fourth-order valence-corrected chi connectivity index (χ4v) is 4.16. The summed E-state index contributed by atoms with van der Waals surface area (Å²) >= 11 is 0. The first-order chi connectivity index (χ1) is 12.7. The zero-order valence-corrected chi connectivity index (χ0v) is 14.4. The Morgan fingerprint density at radius 2 is 1.62 bits per heavy atom. The Labute approximate surface area is 149 Å². The molecule has 1 N–H and O–H groups in total. The molecule has 3 heterocycles. The maximum absolute atomic E-state index is 12.6. The van der Waals surface area contributed by atoms with E-state index in [1.54, 1.807) is 0 Å². The standard InChI is InChI=1S/C21H19N3O2/c25-19-10-5-12-23(19)13-11-15-14-6-1-3-8-17(14)24-18-9-4-2-7-16(18)21(26)22-20(15)24/h1-4,6-9H,5,10-13H2,(H,22,26). The number of benzene rings is 2. The van der Waals surface area contributed by atoms with E-state index in [4.69, 9.17) is 0 Å². The minimum atomic E-state index is -0.0746. The lowest BCUT2D eigenvalue weighted by atomic mass is 10.1. The first kappa shape index (κ1) is 15.2. The third-order valence-electron chi connectivity index (χ3n) is 5.40. The molecule has 1 fully saturated rings. The second-order valence-electron chi connectivity index (χ2n) is 6.89. The van der Waals surface area contributed by atoms with Crippen molar-refractivity contribution in [3.05, 3.63) is 64.4 Å². The molecule has 5 rings (SSSR count). The molecule has 0 atom stereocenters. The smallest absolute Gasteiger partial charge is 0.258 e. The second-order valence-corrected chi connectivity index (χ2v) is 6.89. The summed E-state index contributed by atoms with van der Waals surface area (Å²) in [7, 11) is 0. The Morgan fingerprint density at radius 3 is 2.35 bits per heavy atom. The number of carbonyl (C=O) groups is 1. The van der Waals surface area contributed by atoms with Crippen molar-refractivity contribution in [1.29, 1.82) is 0 Å². The Morgan fingerprint density at radius 1 is 0.923 bits per heavy atom. The molecule has 5 nitrogen and oxygen atoms in total. The number of H-pyrrole nitrogens is 1. The summed E-state index contributed by atoms with van der Waals surface area (Å²) in [6, 6.07) is 15.9. The van der Waals surface area contributed by atoms with Crippen molar-refractivity contribution in [1.82, 2.24) is 14.3 Å². The minimum absolute atomic E-state index is 0.0746. The third-order valence-corrected chi connectivity index (χ3v) is 5.40. The van der Waals surface area contributed by atoms with E-state index in [0.29, 0.717) is 18.4 Å². The molecule has 130 valence electrons. The monoisotopic (exact) mass is 345 g/mol. The molecule has 0 bridgehead atoms. The summed E-state index contributed by atoms with van der Waals surface area (Å²) < 4.78 is 2.13. The van der Waals surface area contributed by atoms with Gasteiger partial charge in [0.25, 0.3) is 5.56 Å². The lowest BCUT2D eigenvalue weighted by molar-refractivity contribution is -0.127. The maximum atomic E-state index is 12.6. The van der Waals surface area contributed by atoms with Crippen LogP contribution in [0.5, 0.6) is 0 Å². The molecular formula is C21H19N3O2. The van der Waals surface area contributed by atoms with Crippen molar-refractivity contribution >= 4 is 33.4 Å². The van der Waals surface area contributed by atoms with Crippen molar-refractivity contribution in [3.8, 4) is 0 Å². The molecule has 1 aliphatic heterocycles. The number of fused-ring (bicyclic) bond motifs is 5. The van der Waals surface area contributed by atoms with Crippen molar-refractivity contribution in [2.45, 2.75) is 19.3 Å². The lowest BCUT2D eigenvalue weighted by Gasteiger charge is -2.15. The van der Waals surface area contributed by atoms with E-state index in [-0.39, 0.29) is 11.5 Å². The van der Waals surface area contributed by atoms with Gasteiger partial charge in [-0.3, -0.25) is 14.0 Å². The maximum Gasteiger partial charge on any atom is 0.258 e. The van der Waals surface area contributed by atoms with Gasteiger partial charge in [0.1, 0.15) is 5.65 Å². The highest BCUT2D eigenvalue weighted by Gasteiger charge is 2.21. The molecule has 1 aliphatic rings. The van der Waals surface area contributed by atoms with Crippen LogP contribution in [-0.2, 0) is 11.2 Å². The SMILES string of the molecule is O=C1CCCN1CCc1c2ccccc2n2c1[nH]c(=O)c1ccccc12. The minimum Gasteiger partial charge on any atom is -0.342 e. The van der Waals surface area contributed by atoms with Gasteiger partial charge in [-0.1, -0.05) is 30.3 Å². The molecule has 0 spiro atoms. The van der Waals surface area contributed by atoms with E-state index in [9.17, 15) is 9.59 Å². The number of aromatic nitrogens is 2. The van der Waals surface area contributed by atoms with Gasteiger partial charge in [0, 0.05) is 30.5 Å². The van der Waals surface area contributed by atoms with Gasteiger partial charge in [0.15, 0.2) is 0 Å². The van der Waals surface area contributed by atoms with Crippen LogP contribution in [0.2, 0.25) is 0 Å². The quantitative estimate of drug-likeness (QED) is 0.620. The average Bonchev–Trinajstić information content (AvgIpc) is 3.21. The first-order valence-corrected chi connectivity index (χ1v) is 9.05. The van der Waals surface area contributed by atoms with Crippen LogP contribution in [-0.4, -0.2) is 33.3 Å². The fraction of sp³-hybridized carbons (Fsp3) is 0.238. The van der Waals surface area contributed by atoms with Crippen LogP contribution in [0, 0.1) is 0 Å². The fourth-order valence-electron chi connectivity index (χ4n) is 4.16. The molecule has 1 saturated heterocycles. The molecule has 26 heavy (non-hydrogen) atoms. The molecule has 0 aliphatic carbocycles. The van der Waals surface area contributed by atoms with Crippen molar-refractivity contribution in [2.75, 3.05) is 13.1 Å². The number of rotatable bonds is 3. The predicted molar refractivity (Wildman–Crippen MR) is 103 cm³/mol. The number of hydrogen-bond acceptors (Lipinski definition) is 2. The molecule has 4 aromatic rings. The van der Waals surface area contributed by atoms with Crippen LogP contribution >= 0.6 is 0 Å². The molecular weight excluding hydrogens is 326 g/mol. The summed E-state index contributed by atoms with van der Waals surface area (Å²) in [6.07, 6.45) is 2.33. The average molecular weight is 345 g/mol. The number of aromatic amines is 1. The van der Waals surface area contributed by atoms with Gasteiger partial charge >= 0.3 is 0 Å². The van der Waals surface area contributed by atoms with Crippen LogP contribution in [0.4, 0.5) is 0 Å². The van der Waals surface area contributed by atoms with Gasteiger partial charge < -0.3 is 9.88 Å². The van der Waals surface area contributed by atoms with E-state index < -0.39 is 0 Å². The summed E-state index contributed by atoms with van der Waals surface area (Å²) in [5.74, 6) is 0.233. The van der Waals surface area contributed by atoms with Gasteiger partial charge in [-0.15, -0.1) is 0 Å². The molecule has 2 aromatic heterocycles. The zero-order chi connectivity index (χ0) is 17.7. The number of nitrogens with one attached hydrogen (secondary N) is 1. The van der Waals surface area contributed by atoms with Gasteiger partial charge in [-0.2, -0.15) is 0 Å². The molecule has 0 unspecified atom stereocenters. The summed E-state index contributed by atoms with van der Waals surface area (Å²) in [4.78, 5) is 29.6. The third kappa shape index (κ3) is 2.17.